The Morgan fingerprint density at radius 2 is 1.02 bits per heavy atom. The van der Waals surface area contributed by atoms with Crippen LogP contribution in [0.2, 0.25) is 0 Å². The number of hydrogen-bond acceptors (Lipinski definition) is 5. The zero-order valence-corrected chi connectivity index (χ0v) is 38.5. The van der Waals surface area contributed by atoms with Crippen LogP contribution >= 0.6 is 7.82 Å². The van der Waals surface area contributed by atoms with Gasteiger partial charge in [-0.1, -0.05) is 192 Å². The summed E-state index contributed by atoms with van der Waals surface area (Å²) in [7, 11) is 1.62. The molecule has 0 heterocycles. The highest BCUT2D eigenvalue weighted by molar-refractivity contribution is 7.47. The van der Waals surface area contributed by atoms with E-state index in [4.69, 9.17) is 9.05 Å². The van der Waals surface area contributed by atoms with E-state index in [-0.39, 0.29) is 19.1 Å². The van der Waals surface area contributed by atoms with E-state index in [2.05, 4.69) is 43.5 Å². The number of nitrogens with zero attached hydrogens (tertiary/aromatic N) is 1. The first-order valence-corrected chi connectivity index (χ1v) is 25.2. The van der Waals surface area contributed by atoms with Gasteiger partial charge in [0.2, 0.25) is 5.91 Å². The summed E-state index contributed by atoms with van der Waals surface area (Å²) in [4.78, 5) is 23.2. The molecule has 3 atom stereocenters. The molecule has 0 aliphatic heterocycles. The molecule has 56 heavy (non-hydrogen) atoms. The number of nitrogens with one attached hydrogen (secondary N) is 1. The maximum atomic E-state index is 12.9. The van der Waals surface area contributed by atoms with Gasteiger partial charge in [-0.15, -0.1) is 0 Å². The number of carbonyl (C=O) groups is 1. The lowest BCUT2D eigenvalue weighted by molar-refractivity contribution is -0.870. The number of carbonyl (C=O) groups excluding carboxylic acids is 1. The number of phosphoric acid groups is 1. The highest BCUT2D eigenvalue weighted by Crippen LogP contribution is 2.43. The van der Waals surface area contributed by atoms with Crippen molar-refractivity contribution in [1.82, 2.24) is 5.32 Å². The minimum Gasteiger partial charge on any atom is -0.391 e. The van der Waals surface area contributed by atoms with Crippen LogP contribution < -0.4 is 5.32 Å². The minimum atomic E-state index is -4.31. The van der Waals surface area contributed by atoms with E-state index in [1.165, 1.54) is 148 Å². The lowest BCUT2D eigenvalue weighted by atomic mass is 10.0. The third-order valence-corrected chi connectivity index (χ3v) is 11.7. The molecular formula is C47H94N2O6P+. The quantitative estimate of drug-likeness (QED) is 0.0245. The van der Waals surface area contributed by atoms with Crippen LogP contribution in [0.3, 0.4) is 0 Å². The van der Waals surface area contributed by atoms with Gasteiger partial charge in [-0.05, 0) is 44.9 Å². The van der Waals surface area contributed by atoms with Gasteiger partial charge in [0.1, 0.15) is 13.2 Å². The number of unbranched alkanes of at least 4 members (excludes halogenated alkanes) is 26. The highest BCUT2D eigenvalue weighted by atomic mass is 31.2. The number of rotatable bonds is 43. The summed E-state index contributed by atoms with van der Waals surface area (Å²) in [6, 6.07) is -0.760. The molecule has 3 unspecified atom stereocenters. The molecule has 0 fully saturated rings. The molecule has 0 aromatic rings. The lowest BCUT2D eigenvalue weighted by Gasteiger charge is -2.26. The normalized spacial score (nSPS) is 14.5. The van der Waals surface area contributed by atoms with Gasteiger partial charge >= 0.3 is 7.82 Å². The Bertz CT molecular complexity index is 969. The smallest absolute Gasteiger partial charge is 0.391 e. The van der Waals surface area contributed by atoms with Crippen molar-refractivity contribution in [2.75, 3.05) is 40.9 Å². The first-order valence-electron chi connectivity index (χ1n) is 23.7. The van der Waals surface area contributed by atoms with Crippen LogP contribution in [-0.4, -0.2) is 73.4 Å². The van der Waals surface area contributed by atoms with Crippen molar-refractivity contribution in [3.63, 3.8) is 0 Å². The molecular weight excluding hydrogens is 719 g/mol. The monoisotopic (exact) mass is 814 g/mol. The average molecular weight is 814 g/mol. The van der Waals surface area contributed by atoms with E-state index in [9.17, 15) is 19.4 Å². The number of hydrogen-bond donors (Lipinski definition) is 3. The van der Waals surface area contributed by atoms with Crippen molar-refractivity contribution in [3.8, 4) is 0 Å². The second-order valence-electron chi connectivity index (χ2n) is 17.5. The topological polar surface area (TPSA) is 105 Å². The molecule has 0 rings (SSSR count). The number of quaternary nitrogens is 1. The van der Waals surface area contributed by atoms with Crippen molar-refractivity contribution in [3.05, 3.63) is 24.3 Å². The van der Waals surface area contributed by atoms with E-state index in [0.717, 1.165) is 44.9 Å². The molecule has 332 valence electrons. The zero-order valence-electron chi connectivity index (χ0n) is 37.6. The number of likely N-dealkylation sites (N-methyl/N-ethyl adjacent to an activating group) is 1. The second-order valence-corrected chi connectivity index (χ2v) is 18.9. The van der Waals surface area contributed by atoms with E-state index in [0.29, 0.717) is 23.9 Å². The van der Waals surface area contributed by atoms with E-state index in [1.54, 1.807) is 0 Å². The Kier molecular flexibility index (Phi) is 38.7. The third kappa shape index (κ3) is 41.2. The van der Waals surface area contributed by atoms with Gasteiger partial charge in [0, 0.05) is 6.42 Å². The molecule has 0 bridgehead atoms. The fourth-order valence-electron chi connectivity index (χ4n) is 6.90. The van der Waals surface area contributed by atoms with Gasteiger partial charge < -0.3 is 19.8 Å². The number of allylic oxidation sites excluding steroid dienone is 4. The summed E-state index contributed by atoms with van der Waals surface area (Å²) in [5, 5.41) is 14.0. The molecule has 0 aromatic carbocycles. The summed E-state index contributed by atoms with van der Waals surface area (Å²) in [6.45, 7) is 4.88. The first-order chi connectivity index (χ1) is 27.0. The van der Waals surface area contributed by atoms with Crippen LogP contribution in [-0.2, 0) is 18.4 Å². The van der Waals surface area contributed by atoms with Crippen LogP contribution in [0.4, 0.5) is 0 Å². The maximum absolute atomic E-state index is 12.9. The maximum Gasteiger partial charge on any atom is 0.472 e. The largest absolute Gasteiger partial charge is 0.472 e. The van der Waals surface area contributed by atoms with Gasteiger partial charge in [-0.2, -0.15) is 0 Å². The fourth-order valence-corrected chi connectivity index (χ4v) is 7.64. The van der Waals surface area contributed by atoms with Crippen LogP contribution in [0.25, 0.3) is 0 Å². The first kappa shape index (κ1) is 55.0. The average Bonchev–Trinajstić information content (AvgIpc) is 3.15. The molecule has 0 spiro atoms. The summed E-state index contributed by atoms with van der Waals surface area (Å²) < 4.78 is 23.6. The van der Waals surface area contributed by atoms with Crippen LogP contribution in [0.1, 0.15) is 219 Å². The van der Waals surface area contributed by atoms with Crippen LogP contribution in [0.15, 0.2) is 24.3 Å². The molecule has 9 heteroatoms. The van der Waals surface area contributed by atoms with Crippen molar-refractivity contribution in [2.45, 2.75) is 231 Å². The van der Waals surface area contributed by atoms with E-state index >= 15 is 0 Å². The zero-order chi connectivity index (χ0) is 41.4. The lowest BCUT2D eigenvalue weighted by Crippen LogP contribution is -2.46. The van der Waals surface area contributed by atoms with E-state index < -0.39 is 20.0 Å². The van der Waals surface area contributed by atoms with Gasteiger partial charge in [0.15, 0.2) is 0 Å². The molecule has 0 aliphatic carbocycles. The van der Waals surface area contributed by atoms with Crippen molar-refractivity contribution in [1.29, 1.82) is 0 Å². The molecule has 0 aromatic heterocycles. The van der Waals surface area contributed by atoms with Crippen LogP contribution in [0, 0.1) is 0 Å². The Morgan fingerprint density at radius 1 is 0.607 bits per heavy atom. The molecule has 0 saturated heterocycles. The molecule has 0 radical (unpaired) electrons. The standard InChI is InChI=1S/C47H93N2O6P/c1-6-8-10-12-14-16-18-20-21-22-23-24-25-26-27-29-31-33-35-37-39-41-47(51)48-45(44-55-56(52,53)54-43-42-49(3,4)5)46(50)40-38-36-34-32-30-28-19-17-15-13-11-9-7-2/h18,20,22-23,45-46,50H,6-17,19,21,24-44H2,1-5H3,(H-,48,51,52,53)/p+1/b20-18-,23-22-. The Balaban J connectivity index is 4.28. The molecule has 8 nitrogen and oxygen atoms in total. The summed E-state index contributed by atoms with van der Waals surface area (Å²) >= 11 is 0. The predicted octanol–water partition coefficient (Wildman–Crippen LogP) is 13.3. The number of aliphatic hydroxyl groups excluding tert-OH is 1. The molecule has 1 amide bonds. The Hall–Kier alpha value is -1.02. The Labute approximate surface area is 347 Å². The van der Waals surface area contributed by atoms with Crippen molar-refractivity contribution in [2.24, 2.45) is 0 Å². The third-order valence-electron chi connectivity index (χ3n) is 10.7. The van der Waals surface area contributed by atoms with Crippen molar-refractivity contribution >= 4 is 13.7 Å². The SMILES string of the molecule is CCCCCCC/C=C\C/C=C\CCCCCCCCCCCC(=O)NC(COP(=O)(O)OCC[N+](C)(C)C)C(O)CCCCCCCCCCCCCCC. The number of amides is 1. The molecule has 0 aliphatic rings. The summed E-state index contributed by atoms with van der Waals surface area (Å²) in [6.07, 6.45) is 46.3. The predicted molar refractivity (Wildman–Crippen MR) is 240 cm³/mol. The molecule has 0 saturated carbocycles. The second kappa shape index (κ2) is 39.4. The summed E-state index contributed by atoms with van der Waals surface area (Å²) in [5.74, 6) is -0.149. The Morgan fingerprint density at radius 3 is 1.46 bits per heavy atom. The number of phosphoric ester groups is 1. The van der Waals surface area contributed by atoms with Gasteiger partial charge in [0.25, 0.3) is 0 Å². The minimum absolute atomic E-state index is 0.0745. The van der Waals surface area contributed by atoms with Crippen LogP contribution in [0.5, 0.6) is 0 Å². The van der Waals surface area contributed by atoms with Gasteiger partial charge in [-0.3, -0.25) is 13.8 Å². The van der Waals surface area contributed by atoms with Crippen molar-refractivity contribution < 1.29 is 32.9 Å². The highest BCUT2D eigenvalue weighted by Gasteiger charge is 2.28. The molecule has 3 N–H and O–H groups in total. The number of aliphatic hydroxyl groups is 1. The van der Waals surface area contributed by atoms with E-state index in [1.807, 2.05) is 21.1 Å². The van der Waals surface area contributed by atoms with Gasteiger partial charge in [-0.25, -0.2) is 4.57 Å². The summed E-state index contributed by atoms with van der Waals surface area (Å²) in [5.41, 5.74) is 0. The van der Waals surface area contributed by atoms with Gasteiger partial charge in [0.05, 0.1) is 39.9 Å². The fraction of sp³-hybridized carbons (Fsp3) is 0.894.